The van der Waals surface area contributed by atoms with Crippen molar-refractivity contribution >= 4 is 5.69 Å². The minimum Gasteiger partial charge on any atom is -0.378 e. The molecule has 1 aromatic heterocycles. The van der Waals surface area contributed by atoms with Crippen molar-refractivity contribution in [2.24, 2.45) is 7.05 Å². The van der Waals surface area contributed by atoms with Gasteiger partial charge in [-0.3, -0.25) is 0 Å². The van der Waals surface area contributed by atoms with Crippen molar-refractivity contribution in [2.45, 2.75) is 19.9 Å². The van der Waals surface area contributed by atoms with Gasteiger partial charge in [-0.2, -0.15) is 0 Å². The van der Waals surface area contributed by atoms with E-state index in [9.17, 15) is 0 Å². The molecule has 0 aliphatic carbocycles. The highest BCUT2D eigenvalue weighted by molar-refractivity contribution is 5.45. The lowest BCUT2D eigenvalue weighted by molar-refractivity contribution is 0.812. The van der Waals surface area contributed by atoms with Crippen LogP contribution < -0.4 is 5.32 Å². The first-order valence-electron chi connectivity index (χ1n) is 5.45. The van der Waals surface area contributed by atoms with Gasteiger partial charge in [0.15, 0.2) is 5.82 Å². The molecule has 0 atom stereocenters. The van der Waals surface area contributed by atoms with E-state index < -0.39 is 0 Å². The third-order valence-corrected chi connectivity index (χ3v) is 2.59. The van der Waals surface area contributed by atoms with Crippen LogP contribution in [0.3, 0.4) is 0 Å². The van der Waals surface area contributed by atoms with Crippen LogP contribution in [0.15, 0.2) is 30.6 Å². The Kier molecular flexibility index (Phi) is 3.19. The highest BCUT2D eigenvalue weighted by Gasteiger charge is 2.00. The van der Waals surface area contributed by atoms with E-state index in [0.717, 1.165) is 17.9 Å². The lowest BCUT2D eigenvalue weighted by atomic mass is 10.1. The minimum absolute atomic E-state index is 0.698. The molecule has 0 fully saturated rings. The van der Waals surface area contributed by atoms with Crippen LogP contribution in [0.1, 0.15) is 18.3 Å². The first-order chi connectivity index (χ1) is 7.79. The molecule has 2 rings (SSSR count). The van der Waals surface area contributed by atoms with Gasteiger partial charge < -0.3 is 9.88 Å². The van der Waals surface area contributed by atoms with E-state index in [4.69, 9.17) is 0 Å². The molecule has 1 N–H and O–H groups in total. The molecule has 0 bridgehead atoms. The van der Waals surface area contributed by atoms with Crippen LogP contribution in [0.4, 0.5) is 5.69 Å². The van der Waals surface area contributed by atoms with Crippen molar-refractivity contribution in [3.63, 3.8) is 0 Å². The summed E-state index contributed by atoms with van der Waals surface area (Å²) in [5, 5.41) is 11.2. The first-order valence-corrected chi connectivity index (χ1v) is 5.45. The van der Waals surface area contributed by atoms with Gasteiger partial charge in [-0.25, -0.2) is 0 Å². The summed E-state index contributed by atoms with van der Waals surface area (Å²) in [6, 6.07) is 8.43. The fourth-order valence-corrected chi connectivity index (χ4v) is 1.55. The maximum absolute atomic E-state index is 4.02. The summed E-state index contributed by atoms with van der Waals surface area (Å²) in [6.45, 7) is 2.85. The Morgan fingerprint density at radius 2 is 2.25 bits per heavy atom. The molecule has 4 nitrogen and oxygen atoms in total. The van der Waals surface area contributed by atoms with E-state index in [1.54, 1.807) is 6.33 Å². The average molecular weight is 216 g/mol. The number of hydrogen-bond acceptors (Lipinski definition) is 3. The largest absolute Gasteiger partial charge is 0.378 e. The summed E-state index contributed by atoms with van der Waals surface area (Å²) in [6.07, 6.45) is 2.76. The van der Waals surface area contributed by atoms with Crippen molar-refractivity contribution in [1.29, 1.82) is 0 Å². The summed E-state index contributed by atoms with van der Waals surface area (Å²) in [5.41, 5.74) is 2.46. The fraction of sp³-hybridized carbons (Fsp3) is 0.333. The van der Waals surface area contributed by atoms with Crippen molar-refractivity contribution in [3.8, 4) is 0 Å². The summed E-state index contributed by atoms with van der Waals surface area (Å²) in [5.74, 6) is 0.932. The number of aromatic nitrogens is 3. The standard InChI is InChI=1S/C12H16N4/c1-3-10-5-4-6-11(7-10)13-8-12-15-14-9-16(12)2/h4-7,9,13H,3,8H2,1-2H3. The van der Waals surface area contributed by atoms with E-state index in [1.165, 1.54) is 5.56 Å². The normalized spacial score (nSPS) is 10.4. The van der Waals surface area contributed by atoms with E-state index in [-0.39, 0.29) is 0 Å². The van der Waals surface area contributed by atoms with Gasteiger partial charge in [0.2, 0.25) is 0 Å². The van der Waals surface area contributed by atoms with Crippen molar-refractivity contribution < 1.29 is 0 Å². The second-order valence-electron chi connectivity index (χ2n) is 3.77. The summed E-state index contributed by atoms with van der Waals surface area (Å²) in [4.78, 5) is 0. The highest BCUT2D eigenvalue weighted by atomic mass is 15.3. The van der Waals surface area contributed by atoms with Crippen LogP contribution >= 0.6 is 0 Å². The molecule has 16 heavy (non-hydrogen) atoms. The second kappa shape index (κ2) is 4.79. The molecular formula is C12H16N4. The lowest BCUT2D eigenvalue weighted by Gasteiger charge is -2.07. The third kappa shape index (κ3) is 2.39. The number of hydrogen-bond donors (Lipinski definition) is 1. The molecular weight excluding hydrogens is 200 g/mol. The molecule has 2 aromatic rings. The lowest BCUT2D eigenvalue weighted by Crippen LogP contribution is -2.05. The number of anilines is 1. The van der Waals surface area contributed by atoms with Gasteiger partial charge in [-0.1, -0.05) is 19.1 Å². The molecule has 0 unspecified atom stereocenters. The van der Waals surface area contributed by atoms with Crippen molar-refractivity contribution in [1.82, 2.24) is 14.8 Å². The molecule has 4 heteroatoms. The molecule has 1 aromatic carbocycles. The van der Waals surface area contributed by atoms with Gasteiger partial charge in [0.25, 0.3) is 0 Å². The molecule has 0 radical (unpaired) electrons. The number of benzene rings is 1. The van der Waals surface area contributed by atoms with Crippen LogP contribution in [-0.2, 0) is 20.0 Å². The van der Waals surface area contributed by atoms with Crippen LogP contribution in [0.5, 0.6) is 0 Å². The van der Waals surface area contributed by atoms with Crippen LogP contribution in [0.2, 0.25) is 0 Å². The zero-order chi connectivity index (χ0) is 11.4. The Bertz CT molecular complexity index is 462. The zero-order valence-electron chi connectivity index (χ0n) is 9.64. The summed E-state index contributed by atoms with van der Waals surface area (Å²) in [7, 11) is 1.94. The molecule has 0 saturated heterocycles. The Morgan fingerprint density at radius 3 is 2.94 bits per heavy atom. The predicted molar refractivity (Wildman–Crippen MR) is 64.1 cm³/mol. The van der Waals surface area contributed by atoms with Gasteiger partial charge in [-0.15, -0.1) is 10.2 Å². The topological polar surface area (TPSA) is 42.7 Å². The first kappa shape index (κ1) is 10.7. The molecule has 0 spiro atoms. The van der Waals surface area contributed by atoms with Gasteiger partial charge >= 0.3 is 0 Å². The Balaban J connectivity index is 2.02. The molecule has 0 amide bonds. The maximum Gasteiger partial charge on any atom is 0.151 e. The minimum atomic E-state index is 0.698. The van der Waals surface area contributed by atoms with Crippen LogP contribution in [-0.4, -0.2) is 14.8 Å². The van der Waals surface area contributed by atoms with Gasteiger partial charge in [0.05, 0.1) is 6.54 Å². The van der Waals surface area contributed by atoms with Crippen LogP contribution in [0, 0.1) is 0 Å². The second-order valence-corrected chi connectivity index (χ2v) is 3.77. The molecule has 1 heterocycles. The SMILES string of the molecule is CCc1cccc(NCc2nncn2C)c1. The Hall–Kier alpha value is -1.84. The van der Waals surface area contributed by atoms with Gasteiger partial charge in [0, 0.05) is 12.7 Å². The Morgan fingerprint density at radius 1 is 1.38 bits per heavy atom. The summed E-state index contributed by atoms with van der Waals surface area (Å²) >= 11 is 0. The van der Waals surface area contributed by atoms with Gasteiger partial charge in [0.1, 0.15) is 6.33 Å². The average Bonchev–Trinajstić information content (AvgIpc) is 2.72. The quantitative estimate of drug-likeness (QED) is 0.850. The smallest absolute Gasteiger partial charge is 0.151 e. The van der Waals surface area contributed by atoms with E-state index >= 15 is 0 Å². The third-order valence-electron chi connectivity index (χ3n) is 2.59. The predicted octanol–water partition coefficient (Wildman–Crippen LogP) is 1.99. The van der Waals surface area contributed by atoms with Crippen molar-refractivity contribution in [2.75, 3.05) is 5.32 Å². The summed E-state index contributed by atoms with van der Waals surface area (Å²) < 4.78 is 1.91. The zero-order valence-corrected chi connectivity index (χ0v) is 9.64. The number of nitrogens with zero attached hydrogens (tertiary/aromatic N) is 3. The number of nitrogens with one attached hydrogen (secondary N) is 1. The molecule has 84 valence electrons. The van der Waals surface area contributed by atoms with E-state index in [0.29, 0.717) is 6.54 Å². The van der Waals surface area contributed by atoms with Crippen molar-refractivity contribution in [3.05, 3.63) is 42.0 Å². The van der Waals surface area contributed by atoms with Gasteiger partial charge in [-0.05, 0) is 24.1 Å². The molecule has 0 saturated carbocycles. The number of rotatable bonds is 4. The van der Waals surface area contributed by atoms with Crippen LogP contribution in [0.25, 0.3) is 0 Å². The molecule has 0 aliphatic heterocycles. The monoisotopic (exact) mass is 216 g/mol. The molecule has 0 aliphatic rings. The Labute approximate surface area is 95.3 Å². The number of aryl methyl sites for hydroxylation is 2. The van der Waals surface area contributed by atoms with E-state index in [1.807, 2.05) is 11.6 Å². The van der Waals surface area contributed by atoms with E-state index in [2.05, 4.69) is 46.7 Å². The highest BCUT2D eigenvalue weighted by Crippen LogP contribution is 2.11. The fourth-order valence-electron chi connectivity index (χ4n) is 1.55. The maximum atomic E-state index is 4.02.